The molecule has 0 spiro atoms. The Morgan fingerprint density at radius 3 is 2.48 bits per heavy atom. The first-order valence-corrected chi connectivity index (χ1v) is 7.93. The highest BCUT2D eigenvalue weighted by Crippen LogP contribution is 2.34. The van der Waals surface area contributed by atoms with Crippen LogP contribution in [0.2, 0.25) is 0 Å². The molecule has 1 fully saturated rings. The highest BCUT2D eigenvalue weighted by molar-refractivity contribution is 5.76. The van der Waals surface area contributed by atoms with Crippen LogP contribution in [0.5, 0.6) is 0 Å². The van der Waals surface area contributed by atoms with Gasteiger partial charge >= 0.3 is 12.0 Å². The minimum absolute atomic E-state index is 0.00917. The number of carbonyl (C=O) groups is 2. The number of carbonyl (C=O) groups excluding carboxylic acids is 1. The van der Waals surface area contributed by atoms with Crippen molar-refractivity contribution in [2.45, 2.75) is 59.9 Å². The van der Waals surface area contributed by atoms with E-state index in [1.54, 1.807) is 18.7 Å². The molecule has 0 aromatic rings. The maximum absolute atomic E-state index is 12.3. The van der Waals surface area contributed by atoms with E-state index in [-0.39, 0.29) is 18.0 Å². The Morgan fingerprint density at radius 1 is 1.33 bits per heavy atom. The smallest absolute Gasteiger partial charge is 0.317 e. The zero-order valence-corrected chi connectivity index (χ0v) is 14.0. The van der Waals surface area contributed by atoms with Crippen molar-refractivity contribution in [2.75, 3.05) is 13.1 Å². The molecule has 0 aromatic heterocycles. The third kappa shape index (κ3) is 4.90. The van der Waals surface area contributed by atoms with Crippen LogP contribution in [-0.4, -0.2) is 41.1 Å². The molecule has 0 saturated carbocycles. The van der Waals surface area contributed by atoms with Crippen LogP contribution in [0.4, 0.5) is 4.79 Å². The largest absolute Gasteiger partial charge is 0.481 e. The Bertz CT molecular complexity index is 380. The summed E-state index contributed by atoms with van der Waals surface area (Å²) in [6, 6.07) is 0.0828. The van der Waals surface area contributed by atoms with Crippen molar-refractivity contribution in [1.29, 1.82) is 0 Å². The first-order chi connectivity index (χ1) is 9.64. The first-order valence-electron chi connectivity index (χ1n) is 7.93. The maximum atomic E-state index is 12.3. The van der Waals surface area contributed by atoms with Gasteiger partial charge in [-0.05, 0) is 51.9 Å². The Morgan fingerprint density at radius 2 is 1.95 bits per heavy atom. The van der Waals surface area contributed by atoms with Gasteiger partial charge in [-0.15, -0.1) is 0 Å². The van der Waals surface area contributed by atoms with Gasteiger partial charge in [-0.3, -0.25) is 4.79 Å². The average Bonchev–Trinajstić information content (AvgIpc) is 2.37. The first kappa shape index (κ1) is 17.8. The van der Waals surface area contributed by atoms with Gasteiger partial charge in [0.2, 0.25) is 0 Å². The number of nitrogens with zero attached hydrogens (tertiary/aromatic N) is 1. The lowest BCUT2D eigenvalue weighted by Gasteiger charge is -2.39. The SMILES string of the molecule is CC(C)CC(C)NC(=O)N1CCCC(C(C)(C)C(=O)O)C1. The summed E-state index contributed by atoms with van der Waals surface area (Å²) in [6.07, 6.45) is 2.68. The molecule has 0 radical (unpaired) electrons. The molecule has 1 aliphatic heterocycles. The van der Waals surface area contributed by atoms with Gasteiger partial charge in [0.25, 0.3) is 0 Å². The van der Waals surface area contributed by atoms with Gasteiger partial charge in [-0.25, -0.2) is 4.79 Å². The molecule has 1 aliphatic rings. The van der Waals surface area contributed by atoms with Crippen molar-refractivity contribution in [3.63, 3.8) is 0 Å². The number of carboxylic acid groups (broad SMARTS) is 1. The molecule has 0 aromatic carbocycles. The van der Waals surface area contributed by atoms with E-state index in [9.17, 15) is 14.7 Å². The lowest BCUT2D eigenvalue weighted by molar-refractivity contribution is -0.151. The minimum atomic E-state index is -0.789. The van der Waals surface area contributed by atoms with E-state index >= 15 is 0 Å². The molecule has 5 nitrogen and oxygen atoms in total. The fraction of sp³-hybridized carbons (Fsp3) is 0.875. The Labute approximate surface area is 128 Å². The number of rotatable bonds is 5. The molecular formula is C16H30N2O3. The number of piperidine rings is 1. The normalized spacial score (nSPS) is 21.2. The predicted octanol–water partition coefficient (Wildman–Crippen LogP) is 2.95. The number of aliphatic carboxylic acids is 1. The van der Waals surface area contributed by atoms with Crippen molar-refractivity contribution in [3.8, 4) is 0 Å². The van der Waals surface area contributed by atoms with E-state index in [1.165, 1.54) is 0 Å². The zero-order valence-electron chi connectivity index (χ0n) is 14.0. The minimum Gasteiger partial charge on any atom is -0.481 e. The second-order valence-corrected chi connectivity index (χ2v) is 7.29. The molecule has 1 saturated heterocycles. The number of hydrogen-bond acceptors (Lipinski definition) is 2. The Kier molecular flexibility index (Phi) is 6.05. The molecule has 0 bridgehead atoms. The molecule has 1 heterocycles. The van der Waals surface area contributed by atoms with E-state index in [4.69, 9.17) is 0 Å². The number of amides is 2. The quantitative estimate of drug-likeness (QED) is 0.820. The maximum Gasteiger partial charge on any atom is 0.317 e. The topological polar surface area (TPSA) is 69.6 Å². The number of nitrogens with one attached hydrogen (secondary N) is 1. The summed E-state index contributed by atoms with van der Waals surface area (Å²) in [4.78, 5) is 25.5. The standard InChI is InChI=1S/C16H30N2O3/c1-11(2)9-12(3)17-15(21)18-8-6-7-13(10-18)16(4,5)14(19)20/h11-13H,6-10H2,1-5H3,(H,17,21)(H,19,20). The molecule has 0 aliphatic carbocycles. The lowest BCUT2D eigenvalue weighted by Crippen LogP contribution is -2.51. The molecule has 1 rings (SSSR count). The fourth-order valence-electron chi connectivity index (χ4n) is 2.99. The highest BCUT2D eigenvalue weighted by atomic mass is 16.4. The Hall–Kier alpha value is -1.26. The second-order valence-electron chi connectivity index (χ2n) is 7.29. The summed E-state index contributed by atoms with van der Waals surface area (Å²) in [6.45, 7) is 11.0. The van der Waals surface area contributed by atoms with Gasteiger partial charge in [0.05, 0.1) is 5.41 Å². The molecule has 2 unspecified atom stereocenters. The molecule has 2 atom stereocenters. The lowest BCUT2D eigenvalue weighted by atomic mass is 9.74. The predicted molar refractivity (Wildman–Crippen MR) is 83.2 cm³/mol. The van der Waals surface area contributed by atoms with E-state index in [0.29, 0.717) is 19.0 Å². The molecule has 122 valence electrons. The van der Waals surface area contributed by atoms with Crippen LogP contribution in [0.15, 0.2) is 0 Å². The van der Waals surface area contributed by atoms with Gasteiger partial charge in [0.1, 0.15) is 0 Å². The molecular weight excluding hydrogens is 268 g/mol. The van der Waals surface area contributed by atoms with E-state index < -0.39 is 11.4 Å². The van der Waals surface area contributed by atoms with Crippen LogP contribution < -0.4 is 5.32 Å². The van der Waals surface area contributed by atoms with Gasteiger partial charge in [-0.1, -0.05) is 13.8 Å². The summed E-state index contributed by atoms with van der Waals surface area (Å²) in [7, 11) is 0. The number of carboxylic acids is 1. The summed E-state index contributed by atoms with van der Waals surface area (Å²) >= 11 is 0. The van der Waals surface area contributed by atoms with Crippen LogP contribution in [0.3, 0.4) is 0 Å². The van der Waals surface area contributed by atoms with Crippen molar-refractivity contribution < 1.29 is 14.7 Å². The van der Waals surface area contributed by atoms with Crippen molar-refractivity contribution >= 4 is 12.0 Å². The van der Waals surface area contributed by atoms with Gasteiger partial charge in [-0.2, -0.15) is 0 Å². The highest BCUT2D eigenvalue weighted by Gasteiger charge is 2.40. The summed E-state index contributed by atoms with van der Waals surface area (Å²) in [5.74, 6) is -0.238. The third-order valence-electron chi connectivity index (χ3n) is 4.48. The molecule has 2 N–H and O–H groups in total. The van der Waals surface area contributed by atoms with Crippen molar-refractivity contribution in [2.24, 2.45) is 17.3 Å². The van der Waals surface area contributed by atoms with Gasteiger partial charge < -0.3 is 15.3 Å². The molecule has 5 heteroatoms. The average molecular weight is 298 g/mol. The van der Waals surface area contributed by atoms with Crippen LogP contribution in [0.1, 0.15) is 53.9 Å². The van der Waals surface area contributed by atoms with Crippen molar-refractivity contribution in [3.05, 3.63) is 0 Å². The molecule has 21 heavy (non-hydrogen) atoms. The summed E-state index contributed by atoms with van der Waals surface area (Å²) < 4.78 is 0. The second kappa shape index (κ2) is 7.14. The van der Waals surface area contributed by atoms with Crippen LogP contribution in [-0.2, 0) is 4.79 Å². The summed E-state index contributed by atoms with van der Waals surface area (Å²) in [5, 5.41) is 12.4. The monoisotopic (exact) mass is 298 g/mol. The fourth-order valence-corrected chi connectivity index (χ4v) is 2.99. The Balaban J connectivity index is 2.60. The van der Waals surface area contributed by atoms with Gasteiger partial charge in [0.15, 0.2) is 0 Å². The van der Waals surface area contributed by atoms with E-state index in [1.807, 2.05) is 6.92 Å². The van der Waals surface area contributed by atoms with Crippen LogP contribution >= 0.6 is 0 Å². The number of likely N-dealkylation sites (tertiary alicyclic amines) is 1. The van der Waals surface area contributed by atoms with Crippen LogP contribution in [0.25, 0.3) is 0 Å². The van der Waals surface area contributed by atoms with E-state index in [0.717, 1.165) is 19.3 Å². The van der Waals surface area contributed by atoms with E-state index in [2.05, 4.69) is 19.2 Å². The third-order valence-corrected chi connectivity index (χ3v) is 4.48. The number of urea groups is 1. The number of hydrogen-bond donors (Lipinski definition) is 2. The van der Waals surface area contributed by atoms with Gasteiger partial charge in [0, 0.05) is 19.1 Å². The summed E-state index contributed by atoms with van der Waals surface area (Å²) in [5.41, 5.74) is -0.789. The molecule has 2 amide bonds. The zero-order chi connectivity index (χ0) is 16.2. The van der Waals surface area contributed by atoms with Crippen LogP contribution in [0, 0.1) is 17.3 Å². The van der Waals surface area contributed by atoms with Crippen molar-refractivity contribution in [1.82, 2.24) is 10.2 Å².